The van der Waals surface area contributed by atoms with Crippen molar-refractivity contribution in [1.29, 1.82) is 0 Å². The van der Waals surface area contributed by atoms with Crippen LogP contribution in [-0.4, -0.2) is 64.1 Å². The minimum atomic E-state index is -0.0129. The molecule has 0 spiro atoms. The summed E-state index contributed by atoms with van der Waals surface area (Å²) in [6.45, 7) is 2.56. The van der Waals surface area contributed by atoms with Gasteiger partial charge in [-0.3, -0.25) is 14.7 Å². The molecule has 1 aromatic carbocycles. The Morgan fingerprint density at radius 1 is 1.28 bits per heavy atom. The van der Waals surface area contributed by atoms with Gasteiger partial charge in [0.25, 0.3) is 0 Å². The lowest BCUT2D eigenvalue weighted by Gasteiger charge is -2.24. The number of aryl methyl sites for hydroxylation is 1. The first-order valence-corrected chi connectivity index (χ1v) is 12.9. The van der Waals surface area contributed by atoms with Gasteiger partial charge >= 0.3 is 0 Å². The van der Waals surface area contributed by atoms with Crippen LogP contribution in [-0.2, 0) is 22.4 Å². The average Bonchev–Trinajstić information content (AvgIpc) is 3.49. The number of anilines is 2. The van der Waals surface area contributed by atoms with Gasteiger partial charge in [0.15, 0.2) is 0 Å². The summed E-state index contributed by atoms with van der Waals surface area (Å²) < 4.78 is 6.04. The predicted molar refractivity (Wildman–Crippen MR) is 140 cm³/mol. The molecule has 0 bridgehead atoms. The van der Waals surface area contributed by atoms with E-state index in [1.54, 1.807) is 28.8 Å². The van der Waals surface area contributed by atoms with Crippen molar-refractivity contribution in [3.8, 4) is 5.75 Å². The first kappa shape index (κ1) is 24.0. The second-order valence-electron chi connectivity index (χ2n) is 9.06. The summed E-state index contributed by atoms with van der Waals surface area (Å²) in [4.78, 5) is 37.0. The zero-order valence-corrected chi connectivity index (χ0v) is 21.4. The number of fused-ring (bicyclic) bond motifs is 4. The number of hydrogen-bond donors (Lipinski definition) is 3. The zero-order chi connectivity index (χ0) is 25.2. The van der Waals surface area contributed by atoms with Crippen LogP contribution in [0.2, 0.25) is 0 Å². The molecule has 0 unspecified atom stereocenters. The van der Waals surface area contributed by atoms with Crippen molar-refractivity contribution in [2.45, 2.75) is 32.6 Å². The number of thiophene rings is 1. The zero-order valence-electron chi connectivity index (χ0n) is 20.6. The van der Waals surface area contributed by atoms with E-state index < -0.39 is 0 Å². The maximum Gasteiger partial charge on any atom is 0.225 e. The largest absolute Gasteiger partial charge is 0.489 e. The Hall–Kier alpha value is -3.73. The number of benzene rings is 1. The SMILES string of the molecule is CCC(=O)NCCOc1cc2[nH]ncc2cc1Nc1ncnc2sc3c(c12)CC[C@H](C(=O)N(C)C)C3. The van der Waals surface area contributed by atoms with Crippen molar-refractivity contribution in [2.75, 3.05) is 32.6 Å². The normalized spacial score (nSPS) is 15.0. The van der Waals surface area contributed by atoms with Crippen LogP contribution in [0.25, 0.3) is 21.1 Å². The third-order valence-electron chi connectivity index (χ3n) is 6.43. The van der Waals surface area contributed by atoms with Gasteiger partial charge in [0.1, 0.15) is 29.3 Å². The lowest BCUT2D eigenvalue weighted by atomic mass is 9.87. The Bertz CT molecular complexity index is 1430. The van der Waals surface area contributed by atoms with Gasteiger partial charge < -0.3 is 20.3 Å². The van der Waals surface area contributed by atoms with Crippen LogP contribution in [0, 0.1) is 5.92 Å². The molecule has 1 atom stereocenters. The fourth-order valence-electron chi connectivity index (χ4n) is 4.57. The fourth-order valence-corrected chi connectivity index (χ4v) is 5.84. The van der Waals surface area contributed by atoms with Crippen molar-refractivity contribution < 1.29 is 14.3 Å². The standard InChI is InChI=1S/C25H29N7O3S/c1-4-21(33)26-7-8-35-19-11-17-15(12-29-31-17)9-18(19)30-23-22-16-6-5-14(25(34)32(2)3)10-20(16)36-24(22)28-13-27-23/h9,11-14H,4-8,10H2,1-3H3,(H,26,33)(H,29,31)(H,27,28,30)/t14-/m0/s1. The Balaban J connectivity index is 1.44. The summed E-state index contributed by atoms with van der Waals surface area (Å²) >= 11 is 1.64. The highest BCUT2D eigenvalue weighted by Crippen LogP contribution is 2.41. The molecule has 3 N–H and O–H groups in total. The molecule has 10 nitrogen and oxygen atoms in total. The van der Waals surface area contributed by atoms with E-state index in [-0.39, 0.29) is 17.7 Å². The smallest absolute Gasteiger partial charge is 0.225 e. The molecular formula is C25H29N7O3S. The van der Waals surface area contributed by atoms with Gasteiger partial charge in [0.05, 0.1) is 29.3 Å². The number of H-pyrrole nitrogens is 1. The number of rotatable bonds is 8. The van der Waals surface area contributed by atoms with Crippen LogP contribution in [0.1, 0.15) is 30.2 Å². The monoisotopic (exact) mass is 507 g/mol. The van der Waals surface area contributed by atoms with Crippen LogP contribution < -0.4 is 15.4 Å². The molecule has 3 heterocycles. The Morgan fingerprint density at radius 2 is 2.14 bits per heavy atom. The number of carbonyl (C=O) groups is 2. The molecule has 188 valence electrons. The molecule has 1 aliphatic rings. The quantitative estimate of drug-likeness (QED) is 0.312. The molecular weight excluding hydrogens is 478 g/mol. The van der Waals surface area contributed by atoms with Crippen molar-refractivity contribution in [3.63, 3.8) is 0 Å². The molecule has 2 amide bonds. The van der Waals surface area contributed by atoms with Gasteiger partial charge in [-0.15, -0.1) is 11.3 Å². The number of amides is 2. The van der Waals surface area contributed by atoms with Crippen molar-refractivity contribution >= 4 is 55.8 Å². The van der Waals surface area contributed by atoms with Crippen LogP contribution >= 0.6 is 11.3 Å². The Labute approximate surface area is 212 Å². The molecule has 0 radical (unpaired) electrons. The highest BCUT2D eigenvalue weighted by Gasteiger charge is 2.30. The molecule has 1 aliphatic carbocycles. The van der Waals surface area contributed by atoms with Crippen LogP contribution in [0.3, 0.4) is 0 Å². The molecule has 3 aromatic heterocycles. The number of carbonyl (C=O) groups excluding carboxylic acids is 2. The number of nitrogens with zero attached hydrogens (tertiary/aromatic N) is 4. The second kappa shape index (κ2) is 10.1. The first-order chi connectivity index (χ1) is 17.4. The van der Waals surface area contributed by atoms with E-state index in [0.717, 1.165) is 46.1 Å². The summed E-state index contributed by atoms with van der Waals surface area (Å²) in [5.41, 5.74) is 2.82. The lowest BCUT2D eigenvalue weighted by molar-refractivity contribution is -0.133. The van der Waals surface area contributed by atoms with E-state index in [4.69, 9.17) is 4.74 Å². The Morgan fingerprint density at radius 3 is 2.94 bits per heavy atom. The second-order valence-corrected chi connectivity index (χ2v) is 10.1. The highest BCUT2D eigenvalue weighted by atomic mass is 32.1. The van der Waals surface area contributed by atoms with Gasteiger partial charge in [-0.2, -0.15) is 5.10 Å². The van der Waals surface area contributed by atoms with E-state index in [2.05, 4.69) is 30.8 Å². The maximum absolute atomic E-state index is 12.6. The highest BCUT2D eigenvalue weighted by molar-refractivity contribution is 7.19. The van der Waals surface area contributed by atoms with Crippen LogP contribution in [0.5, 0.6) is 5.75 Å². The molecule has 5 rings (SSSR count). The molecule has 0 saturated carbocycles. The van der Waals surface area contributed by atoms with Gasteiger partial charge in [0, 0.05) is 42.8 Å². The summed E-state index contributed by atoms with van der Waals surface area (Å²) in [5.74, 6) is 1.50. The summed E-state index contributed by atoms with van der Waals surface area (Å²) in [6.07, 6.45) is 6.10. The number of ether oxygens (including phenoxy) is 1. The fraction of sp³-hybridized carbons (Fsp3) is 0.400. The van der Waals surface area contributed by atoms with Gasteiger partial charge in [-0.25, -0.2) is 9.97 Å². The Kier molecular flexibility index (Phi) is 6.73. The minimum absolute atomic E-state index is 0.00151. The van der Waals surface area contributed by atoms with E-state index in [9.17, 15) is 9.59 Å². The molecule has 0 saturated heterocycles. The van der Waals surface area contributed by atoms with Crippen molar-refractivity contribution in [1.82, 2.24) is 30.4 Å². The van der Waals surface area contributed by atoms with Crippen molar-refractivity contribution in [3.05, 3.63) is 35.1 Å². The summed E-state index contributed by atoms with van der Waals surface area (Å²) in [5, 5.41) is 15.3. The lowest BCUT2D eigenvalue weighted by Crippen LogP contribution is -2.32. The van der Waals surface area contributed by atoms with Gasteiger partial charge in [0.2, 0.25) is 11.8 Å². The van der Waals surface area contributed by atoms with Crippen molar-refractivity contribution in [2.24, 2.45) is 5.92 Å². The van der Waals surface area contributed by atoms with E-state index in [1.165, 1.54) is 10.4 Å². The predicted octanol–water partition coefficient (Wildman–Crippen LogP) is 3.41. The average molecular weight is 508 g/mol. The number of aromatic amines is 1. The van der Waals surface area contributed by atoms with E-state index >= 15 is 0 Å². The van der Waals surface area contributed by atoms with Crippen LogP contribution in [0.4, 0.5) is 11.5 Å². The molecule has 36 heavy (non-hydrogen) atoms. The topological polar surface area (TPSA) is 125 Å². The first-order valence-electron chi connectivity index (χ1n) is 12.0. The van der Waals surface area contributed by atoms with Crippen LogP contribution in [0.15, 0.2) is 24.7 Å². The van der Waals surface area contributed by atoms with E-state index in [0.29, 0.717) is 31.1 Å². The van der Waals surface area contributed by atoms with E-state index in [1.807, 2.05) is 33.2 Å². The number of nitrogens with one attached hydrogen (secondary N) is 3. The molecule has 0 fully saturated rings. The molecule has 0 aliphatic heterocycles. The maximum atomic E-state index is 12.6. The number of aromatic nitrogens is 4. The molecule has 4 aromatic rings. The molecule has 11 heteroatoms. The number of hydrogen-bond acceptors (Lipinski definition) is 8. The minimum Gasteiger partial charge on any atom is -0.489 e. The summed E-state index contributed by atoms with van der Waals surface area (Å²) in [6, 6.07) is 3.86. The summed E-state index contributed by atoms with van der Waals surface area (Å²) in [7, 11) is 3.62. The third kappa shape index (κ3) is 4.70. The van der Waals surface area contributed by atoms with Gasteiger partial charge in [-0.1, -0.05) is 6.92 Å². The van der Waals surface area contributed by atoms with Gasteiger partial charge in [-0.05, 0) is 30.9 Å². The third-order valence-corrected chi connectivity index (χ3v) is 7.59.